The van der Waals surface area contributed by atoms with Crippen molar-refractivity contribution in [1.29, 1.82) is 0 Å². The van der Waals surface area contributed by atoms with Crippen molar-refractivity contribution < 1.29 is 9.53 Å². The lowest BCUT2D eigenvalue weighted by atomic mass is 10.3. The molecule has 0 aliphatic heterocycles. The highest BCUT2D eigenvalue weighted by atomic mass is 28.1. The summed E-state index contributed by atoms with van der Waals surface area (Å²) in [4.78, 5) is 10.7. The molecule has 0 bridgehead atoms. The van der Waals surface area contributed by atoms with E-state index in [0.29, 0.717) is 12.2 Å². The Kier molecular flexibility index (Phi) is 11.9. The molecule has 0 rings (SSSR count). The van der Waals surface area contributed by atoms with Crippen LogP contribution in [0.1, 0.15) is 34.1 Å². The maximum absolute atomic E-state index is 10.7. The molecule has 0 saturated carbocycles. The molecule has 0 atom stereocenters. The van der Waals surface area contributed by atoms with Crippen molar-refractivity contribution in [2.75, 3.05) is 6.61 Å². The molecule has 0 saturated heterocycles. The van der Waals surface area contributed by atoms with Gasteiger partial charge in [-0.3, -0.25) is 0 Å². The summed E-state index contributed by atoms with van der Waals surface area (Å²) in [6.07, 6.45) is 0.991. The predicted octanol–water partition coefficient (Wildman–Crippen LogP) is 1.94. The molecule has 0 aliphatic rings. The third kappa shape index (κ3) is 17.5. The lowest BCUT2D eigenvalue weighted by Crippen LogP contribution is -2.05. The highest BCUT2D eigenvalue weighted by Gasteiger charge is 2.00. The molecular weight excluding hydrogens is 192 g/mol. The van der Waals surface area contributed by atoms with E-state index in [1.165, 1.54) is 16.3 Å². The van der Waals surface area contributed by atoms with Crippen LogP contribution in [0.5, 0.6) is 0 Å². The van der Waals surface area contributed by atoms with Gasteiger partial charge in [-0.1, -0.05) is 33.4 Å². The van der Waals surface area contributed by atoms with E-state index in [-0.39, 0.29) is 5.97 Å². The van der Waals surface area contributed by atoms with Crippen molar-refractivity contribution in [1.82, 2.24) is 0 Å². The second-order valence-electron chi connectivity index (χ2n) is 4.00. The summed E-state index contributed by atoms with van der Waals surface area (Å²) in [7, 11) is 1.18. The average Bonchev–Trinajstić information content (AvgIpc) is 2.03. The summed E-state index contributed by atoms with van der Waals surface area (Å²) in [5.41, 5.74) is 0.480. The van der Waals surface area contributed by atoms with Gasteiger partial charge >= 0.3 is 5.97 Å². The lowest BCUT2D eigenvalue weighted by molar-refractivity contribution is -0.138. The fourth-order valence-corrected chi connectivity index (χ4v) is 0.721. The predicted molar refractivity (Wildman–Crippen MR) is 65.6 cm³/mol. The SMILES string of the molecule is C=C(C)C(=O)OCCC[SiH3].CC(C)C. The molecule has 0 radical (unpaired) electrons. The summed E-state index contributed by atoms with van der Waals surface area (Å²) in [6.45, 7) is 12.2. The summed E-state index contributed by atoms with van der Waals surface area (Å²) >= 11 is 0. The molecular formula is C11H24O2Si. The Labute approximate surface area is 91.2 Å². The van der Waals surface area contributed by atoms with Gasteiger partial charge < -0.3 is 4.74 Å². The van der Waals surface area contributed by atoms with Crippen LogP contribution >= 0.6 is 0 Å². The number of esters is 1. The first-order valence-electron chi connectivity index (χ1n) is 5.24. The quantitative estimate of drug-likeness (QED) is 0.311. The highest BCUT2D eigenvalue weighted by molar-refractivity contribution is 6.08. The van der Waals surface area contributed by atoms with Gasteiger partial charge in [0.15, 0.2) is 0 Å². The van der Waals surface area contributed by atoms with Crippen LogP contribution in [0.4, 0.5) is 0 Å². The van der Waals surface area contributed by atoms with Crippen LogP contribution in [0.3, 0.4) is 0 Å². The zero-order valence-corrected chi connectivity index (χ0v) is 12.2. The van der Waals surface area contributed by atoms with E-state index in [0.717, 1.165) is 12.3 Å². The smallest absolute Gasteiger partial charge is 0.333 e. The van der Waals surface area contributed by atoms with Crippen LogP contribution < -0.4 is 0 Å². The minimum Gasteiger partial charge on any atom is -0.462 e. The third-order valence-electron chi connectivity index (χ3n) is 1.08. The Morgan fingerprint density at radius 1 is 1.43 bits per heavy atom. The van der Waals surface area contributed by atoms with Crippen molar-refractivity contribution >= 4 is 16.2 Å². The van der Waals surface area contributed by atoms with Crippen LogP contribution in [-0.2, 0) is 9.53 Å². The van der Waals surface area contributed by atoms with Crippen molar-refractivity contribution in [3.63, 3.8) is 0 Å². The first kappa shape index (κ1) is 15.9. The topological polar surface area (TPSA) is 26.3 Å². The third-order valence-corrected chi connectivity index (χ3v) is 1.79. The van der Waals surface area contributed by atoms with Crippen LogP contribution in [-0.4, -0.2) is 22.8 Å². The summed E-state index contributed by atoms with van der Waals surface area (Å²) in [5.74, 6) is 0.565. The molecule has 0 aliphatic carbocycles. The Balaban J connectivity index is 0. The fraction of sp³-hybridized carbons (Fsp3) is 0.727. The molecule has 0 fully saturated rings. The number of ether oxygens (including phenoxy) is 1. The van der Waals surface area contributed by atoms with E-state index in [1.807, 2.05) is 0 Å². The van der Waals surface area contributed by atoms with E-state index in [9.17, 15) is 4.79 Å². The lowest BCUT2D eigenvalue weighted by Gasteiger charge is -2.01. The Bertz CT molecular complexity index is 162. The maximum atomic E-state index is 10.7. The van der Waals surface area contributed by atoms with Gasteiger partial charge in [-0.05, 0) is 19.3 Å². The number of rotatable bonds is 4. The van der Waals surface area contributed by atoms with Gasteiger partial charge in [0.05, 0.1) is 6.61 Å². The normalized spacial score (nSPS) is 9.21. The van der Waals surface area contributed by atoms with Gasteiger partial charge in [0.1, 0.15) is 0 Å². The standard InChI is InChI=1S/C7H14O2Si.C4H10/c1-6(2)7(8)9-4-3-5-10;1-4(2)3/h1,3-5H2,2,10H3;4H,1-3H3. The molecule has 3 heteroatoms. The van der Waals surface area contributed by atoms with Gasteiger partial charge in [-0.25, -0.2) is 4.79 Å². The molecule has 84 valence electrons. The van der Waals surface area contributed by atoms with E-state index in [1.54, 1.807) is 6.92 Å². The van der Waals surface area contributed by atoms with E-state index in [2.05, 4.69) is 27.4 Å². The first-order chi connectivity index (χ1) is 6.41. The van der Waals surface area contributed by atoms with Crippen LogP contribution in [0, 0.1) is 5.92 Å². The zero-order chi connectivity index (χ0) is 11.6. The summed E-state index contributed by atoms with van der Waals surface area (Å²) < 4.78 is 4.83. The molecule has 0 aromatic rings. The molecule has 14 heavy (non-hydrogen) atoms. The maximum Gasteiger partial charge on any atom is 0.333 e. The van der Waals surface area contributed by atoms with Crippen molar-refractivity contribution in [2.45, 2.75) is 40.2 Å². The minimum absolute atomic E-state index is 0.268. The average molecular weight is 216 g/mol. The van der Waals surface area contributed by atoms with Crippen molar-refractivity contribution in [2.24, 2.45) is 5.92 Å². The minimum atomic E-state index is -0.268. The van der Waals surface area contributed by atoms with E-state index in [4.69, 9.17) is 4.74 Å². The van der Waals surface area contributed by atoms with Crippen molar-refractivity contribution in [3.05, 3.63) is 12.2 Å². The number of carbonyl (C=O) groups excluding carboxylic acids is 1. The Morgan fingerprint density at radius 3 is 2.14 bits per heavy atom. The molecule has 0 heterocycles. The van der Waals surface area contributed by atoms with Gasteiger partial charge in [-0.2, -0.15) is 0 Å². The Morgan fingerprint density at radius 2 is 1.86 bits per heavy atom. The molecule has 0 spiro atoms. The Hall–Kier alpha value is -0.573. The van der Waals surface area contributed by atoms with Crippen LogP contribution in [0.2, 0.25) is 6.04 Å². The van der Waals surface area contributed by atoms with Crippen LogP contribution in [0.15, 0.2) is 12.2 Å². The first-order valence-corrected chi connectivity index (χ1v) is 6.65. The molecule has 0 aromatic carbocycles. The van der Waals surface area contributed by atoms with Crippen molar-refractivity contribution in [3.8, 4) is 0 Å². The van der Waals surface area contributed by atoms with Gasteiger partial charge in [-0.15, -0.1) is 0 Å². The van der Waals surface area contributed by atoms with Gasteiger partial charge in [0.2, 0.25) is 0 Å². The second-order valence-corrected chi connectivity index (χ2v) is 5.00. The largest absolute Gasteiger partial charge is 0.462 e. The summed E-state index contributed by atoms with van der Waals surface area (Å²) in [6, 6.07) is 1.18. The number of carbonyl (C=O) groups is 1. The van der Waals surface area contributed by atoms with E-state index >= 15 is 0 Å². The fourth-order valence-electron chi connectivity index (χ4n) is 0.432. The van der Waals surface area contributed by atoms with Crippen LogP contribution in [0.25, 0.3) is 0 Å². The second kappa shape index (κ2) is 10.5. The highest BCUT2D eigenvalue weighted by Crippen LogP contribution is 1.94. The van der Waals surface area contributed by atoms with E-state index < -0.39 is 0 Å². The monoisotopic (exact) mass is 216 g/mol. The molecule has 2 nitrogen and oxygen atoms in total. The van der Waals surface area contributed by atoms with Gasteiger partial charge in [0.25, 0.3) is 0 Å². The number of hydrogen-bond donors (Lipinski definition) is 0. The molecule has 0 unspecified atom stereocenters. The molecule has 0 N–H and O–H groups in total. The zero-order valence-electron chi connectivity index (χ0n) is 10.2. The van der Waals surface area contributed by atoms with Gasteiger partial charge in [0, 0.05) is 15.8 Å². The molecule has 0 amide bonds. The number of hydrogen-bond acceptors (Lipinski definition) is 2. The molecule has 0 aromatic heterocycles. The summed E-state index contributed by atoms with van der Waals surface area (Å²) in [5, 5.41) is 0.